The Morgan fingerprint density at radius 2 is 2.21 bits per heavy atom. The van der Waals surface area contributed by atoms with Crippen LogP contribution in [-0.2, 0) is 0 Å². The number of benzene rings is 1. The van der Waals surface area contributed by atoms with Crippen LogP contribution in [0, 0.1) is 6.92 Å². The number of rotatable bonds is 2. The number of primary amides is 1. The molecule has 0 saturated carbocycles. The summed E-state index contributed by atoms with van der Waals surface area (Å²) in [4.78, 5) is 10.6. The Hall–Kier alpha value is -1.91. The van der Waals surface area contributed by atoms with Gasteiger partial charge in [-0.15, -0.1) is 0 Å². The number of urea groups is 1. The topological polar surface area (TPSA) is 84.6 Å². The van der Waals surface area contributed by atoms with Gasteiger partial charge in [-0.3, -0.25) is 0 Å². The van der Waals surface area contributed by atoms with E-state index in [1.165, 1.54) is 13.2 Å². The van der Waals surface area contributed by atoms with Crippen LogP contribution in [0.15, 0.2) is 12.1 Å². The number of aryl methyl sites for hydroxylation is 1. The second-order valence-electron chi connectivity index (χ2n) is 2.83. The van der Waals surface area contributed by atoms with Gasteiger partial charge in [0.15, 0.2) is 0 Å². The van der Waals surface area contributed by atoms with Gasteiger partial charge in [-0.25, -0.2) is 4.79 Å². The fraction of sp³-hybridized carbons (Fsp3) is 0.222. The quantitative estimate of drug-likeness (QED) is 0.621. The number of phenols is 1. The number of ether oxygens (including phenoxy) is 1. The van der Waals surface area contributed by atoms with E-state index in [2.05, 4.69) is 5.32 Å². The van der Waals surface area contributed by atoms with E-state index in [-0.39, 0.29) is 5.75 Å². The molecule has 5 heteroatoms. The molecule has 5 nitrogen and oxygen atoms in total. The summed E-state index contributed by atoms with van der Waals surface area (Å²) in [5.41, 5.74) is 5.93. The molecule has 0 saturated heterocycles. The third-order valence-electron chi connectivity index (χ3n) is 1.77. The van der Waals surface area contributed by atoms with Crippen molar-refractivity contribution in [3.8, 4) is 11.5 Å². The molecule has 1 aromatic rings. The van der Waals surface area contributed by atoms with E-state index in [9.17, 15) is 9.90 Å². The molecule has 0 aliphatic heterocycles. The average Bonchev–Trinajstić information content (AvgIpc) is 2.10. The highest BCUT2D eigenvalue weighted by molar-refractivity contribution is 5.90. The fourth-order valence-electron chi connectivity index (χ4n) is 1.14. The van der Waals surface area contributed by atoms with Crippen molar-refractivity contribution in [3.63, 3.8) is 0 Å². The van der Waals surface area contributed by atoms with E-state index < -0.39 is 6.03 Å². The summed E-state index contributed by atoms with van der Waals surface area (Å²) in [5, 5.41) is 11.8. The van der Waals surface area contributed by atoms with Crippen molar-refractivity contribution in [1.29, 1.82) is 0 Å². The number of nitrogens with one attached hydrogen (secondary N) is 1. The average molecular weight is 196 g/mol. The number of nitrogens with two attached hydrogens (primary N) is 1. The number of amides is 2. The summed E-state index contributed by atoms with van der Waals surface area (Å²) in [6, 6.07) is 2.37. The Kier molecular flexibility index (Phi) is 2.81. The van der Waals surface area contributed by atoms with E-state index >= 15 is 0 Å². The first-order valence-electron chi connectivity index (χ1n) is 3.98. The van der Waals surface area contributed by atoms with Crippen LogP contribution in [0.25, 0.3) is 0 Å². The number of hydrogen-bond acceptors (Lipinski definition) is 3. The lowest BCUT2D eigenvalue weighted by atomic mass is 10.1. The Bertz CT molecular complexity index is 340. The predicted octanol–water partition coefficient (Wildman–Crippen LogP) is 1.20. The normalized spacial score (nSPS) is 9.57. The van der Waals surface area contributed by atoms with Gasteiger partial charge in [0.1, 0.15) is 11.5 Å². The minimum atomic E-state index is -0.714. The van der Waals surface area contributed by atoms with Crippen molar-refractivity contribution in [1.82, 2.24) is 0 Å². The minimum Gasteiger partial charge on any atom is -0.506 e. The van der Waals surface area contributed by atoms with E-state index in [4.69, 9.17) is 10.5 Å². The van der Waals surface area contributed by atoms with Gasteiger partial charge in [0.25, 0.3) is 0 Å². The fourth-order valence-corrected chi connectivity index (χ4v) is 1.14. The standard InChI is InChI=1S/C9H12N2O3/c1-5-3-6(14-2)4-7(12)8(5)11-9(10)13/h3-4,12H,1-2H3,(H3,10,11,13). The number of hydrogen-bond donors (Lipinski definition) is 3. The number of carbonyl (C=O) groups is 1. The van der Waals surface area contributed by atoms with Gasteiger partial charge in [-0.2, -0.15) is 0 Å². The number of carbonyl (C=O) groups excluding carboxylic acids is 1. The van der Waals surface area contributed by atoms with E-state index in [1.54, 1.807) is 13.0 Å². The lowest BCUT2D eigenvalue weighted by molar-refractivity contribution is 0.259. The second-order valence-corrected chi connectivity index (χ2v) is 2.83. The summed E-state index contributed by atoms with van der Waals surface area (Å²) >= 11 is 0. The molecule has 0 aromatic heterocycles. The van der Waals surface area contributed by atoms with Crippen LogP contribution in [0.1, 0.15) is 5.56 Å². The lowest BCUT2D eigenvalue weighted by Gasteiger charge is -2.10. The number of methoxy groups -OCH3 is 1. The maximum atomic E-state index is 10.6. The smallest absolute Gasteiger partial charge is 0.316 e. The van der Waals surface area contributed by atoms with E-state index in [0.29, 0.717) is 17.0 Å². The Balaban J connectivity index is 3.11. The molecule has 76 valence electrons. The molecule has 2 amide bonds. The van der Waals surface area contributed by atoms with E-state index in [1.807, 2.05) is 0 Å². The van der Waals surface area contributed by atoms with Gasteiger partial charge in [-0.05, 0) is 18.6 Å². The van der Waals surface area contributed by atoms with Gasteiger partial charge >= 0.3 is 6.03 Å². The van der Waals surface area contributed by atoms with Crippen LogP contribution >= 0.6 is 0 Å². The lowest BCUT2D eigenvalue weighted by Crippen LogP contribution is -2.19. The molecule has 0 fully saturated rings. The van der Waals surface area contributed by atoms with Crippen LogP contribution in [0.3, 0.4) is 0 Å². The highest BCUT2D eigenvalue weighted by atomic mass is 16.5. The predicted molar refractivity (Wildman–Crippen MR) is 52.6 cm³/mol. The zero-order valence-corrected chi connectivity index (χ0v) is 8.00. The van der Waals surface area contributed by atoms with Gasteiger partial charge in [0, 0.05) is 6.07 Å². The molecule has 0 unspecified atom stereocenters. The summed E-state index contributed by atoms with van der Waals surface area (Å²) in [6.07, 6.45) is 0. The first kappa shape index (κ1) is 10.2. The molecule has 1 aromatic carbocycles. The number of phenolic OH excluding ortho intramolecular Hbond substituents is 1. The van der Waals surface area contributed by atoms with Crippen LogP contribution in [0.2, 0.25) is 0 Å². The zero-order valence-electron chi connectivity index (χ0n) is 8.00. The molecule has 0 spiro atoms. The Morgan fingerprint density at radius 1 is 1.57 bits per heavy atom. The SMILES string of the molecule is COc1cc(C)c(NC(N)=O)c(O)c1. The highest BCUT2D eigenvalue weighted by Gasteiger charge is 2.08. The van der Waals surface area contributed by atoms with Gasteiger partial charge in [0.05, 0.1) is 12.8 Å². The molecule has 4 N–H and O–H groups in total. The van der Waals surface area contributed by atoms with Gasteiger partial charge in [0.2, 0.25) is 0 Å². The van der Waals surface area contributed by atoms with Crippen LogP contribution in [0.5, 0.6) is 11.5 Å². The maximum Gasteiger partial charge on any atom is 0.316 e. The summed E-state index contributed by atoms with van der Waals surface area (Å²) in [6.45, 7) is 1.73. The third-order valence-corrected chi connectivity index (χ3v) is 1.77. The molecule has 0 aliphatic rings. The maximum absolute atomic E-state index is 10.6. The van der Waals surface area contributed by atoms with Crippen molar-refractivity contribution < 1.29 is 14.6 Å². The summed E-state index contributed by atoms with van der Waals surface area (Å²) < 4.78 is 4.93. The highest BCUT2D eigenvalue weighted by Crippen LogP contribution is 2.31. The number of anilines is 1. The first-order chi connectivity index (χ1) is 6.54. The third kappa shape index (κ3) is 2.07. The molecule has 0 bridgehead atoms. The molecule has 0 radical (unpaired) electrons. The van der Waals surface area contributed by atoms with Crippen molar-refractivity contribution in [2.75, 3.05) is 12.4 Å². The Labute approximate surface area is 81.5 Å². The van der Waals surface area contributed by atoms with Crippen molar-refractivity contribution in [2.45, 2.75) is 6.92 Å². The van der Waals surface area contributed by atoms with Gasteiger partial charge in [-0.1, -0.05) is 0 Å². The molecular weight excluding hydrogens is 184 g/mol. The minimum absolute atomic E-state index is 0.0688. The van der Waals surface area contributed by atoms with Crippen LogP contribution in [0.4, 0.5) is 10.5 Å². The molecule has 14 heavy (non-hydrogen) atoms. The Morgan fingerprint density at radius 3 is 2.64 bits per heavy atom. The van der Waals surface area contributed by atoms with Crippen LogP contribution in [-0.4, -0.2) is 18.2 Å². The summed E-state index contributed by atoms with van der Waals surface area (Å²) in [5.74, 6) is 0.454. The molecule has 1 rings (SSSR count). The molecule has 0 aliphatic carbocycles. The van der Waals surface area contributed by atoms with Crippen molar-refractivity contribution in [2.24, 2.45) is 5.73 Å². The zero-order chi connectivity index (χ0) is 10.7. The number of aromatic hydroxyl groups is 1. The summed E-state index contributed by atoms with van der Waals surface area (Å²) in [7, 11) is 1.50. The molecule has 0 atom stereocenters. The van der Waals surface area contributed by atoms with Crippen molar-refractivity contribution in [3.05, 3.63) is 17.7 Å². The largest absolute Gasteiger partial charge is 0.506 e. The van der Waals surface area contributed by atoms with Crippen LogP contribution < -0.4 is 15.8 Å². The molecule has 0 heterocycles. The van der Waals surface area contributed by atoms with Gasteiger partial charge < -0.3 is 20.9 Å². The van der Waals surface area contributed by atoms with Crippen molar-refractivity contribution >= 4 is 11.7 Å². The molecular formula is C9H12N2O3. The monoisotopic (exact) mass is 196 g/mol. The second kappa shape index (κ2) is 3.87. The van der Waals surface area contributed by atoms with E-state index in [0.717, 1.165) is 0 Å². The first-order valence-corrected chi connectivity index (χ1v) is 3.98.